The van der Waals surface area contributed by atoms with Crippen LogP contribution in [0.25, 0.3) is 0 Å². The molecule has 0 aliphatic carbocycles. The molecule has 17 heavy (non-hydrogen) atoms. The highest BCUT2D eigenvalue weighted by atomic mass is 16.1. The van der Waals surface area contributed by atoms with Gasteiger partial charge >= 0.3 is 0 Å². The number of nitrogens with one attached hydrogen (secondary N) is 1. The Morgan fingerprint density at radius 2 is 2.18 bits per heavy atom. The van der Waals surface area contributed by atoms with Crippen LogP contribution >= 0.6 is 0 Å². The van der Waals surface area contributed by atoms with Crippen molar-refractivity contribution in [3.05, 3.63) is 35.9 Å². The number of nitrogens with zero attached hydrogens (tertiary/aromatic N) is 4. The van der Waals surface area contributed by atoms with E-state index < -0.39 is 0 Å². The smallest absolute Gasteiger partial charge is 0.272 e. The molecule has 0 aliphatic heterocycles. The molecular formula is C11H15N5O. The van der Waals surface area contributed by atoms with Crippen molar-refractivity contribution in [2.75, 3.05) is 0 Å². The van der Waals surface area contributed by atoms with Crippen LogP contribution in [0, 0.1) is 0 Å². The lowest BCUT2D eigenvalue weighted by atomic mass is 10.4. The van der Waals surface area contributed by atoms with Gasteiger partial charge in [-0.15, -0.1) is 0 Å². The van der Waals surface area contributed by atoms with Crippen molar-refractivity contribution in [3.8, 4) is 0 Å². The van der Waals surface area contributed by atoms with Crippen LogP contribution in [-0.4, -0.2) is 25.5 Å². The van der Waals surface area contributed by atoms with E-state index in [9.17, 15) is 4.79 Å². The Kier molecular flexibility index (Phi) is 3.22. The molecule has 0 saturated carbocycles. The number of hydrogen-bond acceptors (Lipinski definition) is 3. The fraction of sp³-hybridized carbons (Fsp3) is 0.364. The molecule has 0 spiro atoms. The molecule has 6 nitrogen and oxygen atoms in total. The monoisotopic (exact) mass is 233 g/mol. The lowest BCUT2D eigenvalue weighted by molar-refractivity contribution is 0.0944. The average Bonchev–Trinajstić information content (AvgIpc) is 2.94. The topological polar surface area (TPSA) is 64.7 Å². The van der Waals surface area contributed by atoms with Crippen molar-refractivity contribution in [2.24, 2.45) is 7.05 Å². The predicted octanol–water partition coefficient (Wildman–Crippen LogP) is 0.567. The number of aryl methyl sites for hydroxylation is 2. The summed E-state index contributed by atoms with van der Waals surface area (Å²) in [6.45, 7) is 3.26. The molecule has 0 aliphatic rings. The van der Waals surface area contributed by atoms with E-state index >= 15 is 0 Å². The number of carbonyl (C=O) groups is 1. The van der Waals surface area contributed by atoms with Gasteiger partial charge in [0.05, 0.1) is 12.2 Å². The summed E-state index contributed by atoms with van der Waals surface area (Å²) < 4.78 is 3.42. The Morgan fingerprint density at radius 3 is 2.76 bits per heavy atom. The Bertz CT molecular complexity index is 513. The third-order valence-electron chi connectivity index (χ3n) is 2.40. The predicted molar refractivity (Wildman–Crippen MR) is 62.3 cm³/mol. The molecule has 0 atom stereocenters. The molecule has 0 bridgehead atoms. The van der Waals surface area contributed by atoms with Gasteiger partial charge in [0.1, 0.15) is 5.69 Å². The summed E-state index contributed by atoms with van der Waals surface area (Å²) in [6.07, 6.45) is 3.63. The summed E-state index contributed by atoms with van der Waals surface area (Å²) in [4.78, 5) is 11.7. The molecule has 0 saturated heterocycles. The second-order valence-electron chi connectivity index (χ2n) is 3.72. The zero-order valence-electron chi connectivity index (χ0n) is 9.92. The second-order valence-corrected chi connectivity index (χ2v) is 3.72. The van der Waals surface area contributed by atoms with Gasteiger partial charge in [-0.1, -0.05) is 0 Å². The summed E-state index contributed by atoms with van der Waals surface area (Å²) in [5, 5.41) is 11.1. The van der Waals surface area contributed by atoms with Crippen molar-refractivity contribution in [1.82, 2.24) is 24.9 Å². The summed E-state index contributed by atoms with van der Waals surface area (Å²) in [6, 6.07) is 3.57. The molecule has 2 aromatic heterocycles. The summed E-state index contributed by atoms with van der Waals surface area (Å²) in [5.74, 6) is -0.184. The standard InChI is InChI=1S/C11H15N5O/c1-3-16-7-4-9(13-16)8-12-11(17)10-5-6-15(2)14-10/h4-7H,3,8H2,1-2H3,(H,12,17). The van der Waals surface area contributed by atoms with Crippen LogP contribution in [0.3, 0.4) is 0 Å². The van der Waals surface area contributed by atoms with E-state index in [1.807, 2.05) is 23.9 Å². The van der Waals surface area contributed by atoms with E-state index in [1.165, 1.54) is 0 Å². The zero-order valence-corrected chi connectivity index (χ0v) is 9.92. The minimum atomic E-state index is -0.184. The maximum atomic E-state index is 11.7. The minimum Gasteiger partial charge on any atom is -0.345 e. The Morgan fingerprint density at radius 1 is 1.35 bits per heavy atom. The van der Waals surface area contributed by atoms with E-state index in [2.05, 4.69) is 15.5 Å². The molecule has 90 valence electrons. The van der Waals surface area contributed by atoms with E-state index in [-0.39, 0.29) is 5.91 Å². The van der Waals surface area contributed by atoms with Crippen molar-refractivity contribution in [2.45, 2.75) is 20.0 Å². The third-order valence-corrected chi connectivity index (χ3v) is 2.40. The minimum absolute atomic E-state index is 0.184. The van der Waals surface area contributed by atoms with E-state index in [0.717, 1.165) is 12.2 Å². The lowest BCUT2D eigenvalue weighted by Crippen LogP contribution is -2.23. The van der Waals surface area contributed by atoms with Crippen molar-refractivity contribution in [1.29, 1.82) is 0 Å². The lowest BCUT2D eigenvalue weighted by Gasteiger charge is -2.00. The van der Waals surface area contributed by atoms with Crippen LogP contribution in [-0.2, 0) is 20.1 Å². The van der Waals surface area contributed by atoms with Crippen molar-refractivity contribution < 1.29 is 4.79 Å². The van der Waals surface area contributed by atoms with Crippen LogP contribution in [0.15, 0.2) is 24.5 Å². The molecular weight excluding hydrogens is 218 g/mol. The Labute approximate surface area is 99.2 Å². The molecule has 0 radical (unpaired) electrons. The van der Waals surface area contributed by atoms with Crippen LogP contribution in [0.4, 0.5) is 0 Å². The third kappa shape index (κ3) is 2.72. The van der Waals surface area contributed by atoms with E-state index in [1.54, 1.807) is 24.0 Å². The first-order chi connectivity index (χ1) is 8.19. The second kappa shape index (κ2) is 4.82. The fourth-order valence-corrected chi connectivity index (χ4v) is 1.47. The SMILES string of the molecule is CCn1ccc(CNC(=O)c2ccn(C)n2)n1. The Hall–Kier alpha value is -2.11. The van der Waals surface area contributed by atoms with E-state index in [0.29, 0.717) is 12.2 Å². The van der Waals surface area contributed by atoms with Crippen LogP contribution in [0.2, 0.25) is 0 Å². The fourth-order valence-electron chi connectivity index (χ4n) is 1.47. The number of hydrogen-bond donors (Lipinski definition) is 1. The van der Waals surface area contributed by atoms with Gasteiger partial charge in [-0.3, -0.25) is 14.2 Å². The first-order valence-electron chi connectivity index (χ1n) is 5.49. The quantitative estimate of drug-likeness (QED) is 0.839. The molecule has 2 heterocycles. The number of carbonyl (C=O) groups excluding carboxylic acids is 1. The van der Waals surface area contributed by atoms with E-state index in [4.69, 9.17) is 0 Å². The number of rotatable bonds is 4. The molecule has 0 aromatic carbocycles. The molecule has 0 fully saturated rings. The molecule has 2 aromatic rings. The maximum absolute atomic E-state index is 11.7. The van der Waals surface area contributed by atoms with Crippen LogP contribution in [0.1, 0.15) is 23.1 Å². The first kappa shape index (κ1) is 11.4. The van der Waals surface area contributed by atoms with Gasteiger partial charge < -0.3 is 5.32 Å². The van der Waals surface area contributed by atoms with Gasteiger partial charge in [0.15, 0.2) is 0 Å². The summed E-state index contributed by atoms with van der Waals surface area (Å²) in [5.41, 5.74) is 1.26. The average molecular weight is 233 g/mol. The molecule has 1 amide bonds. The first-order valence-corrected chi connectivity index (χ1v) is 5.49. The van der Waals surface area contributed by atoms with Gasteiger partial charge in [-0.2, -0.15) is 10.2 Å². The summed E-state index contributed by atoms with van der Waals surface area (Å²) in [7, 11) is 1.78. The van der Waals surface area contributed by atoms with Crippen LogP contribution < -0.4 is 5.32 Å². The molecule has 0 unspecified atom stereocenters. The largest absolute Gasteiger partial charge is 0.345 e. The normalized spacial score (nSPS) is 10.5. The van der Waals surface area contributed by atoms with Gasteiger partial charge in [-0.25, -0.2) is 0 Å². The van der Waals surface area contributed by atoms with Gasteiger partial charge in [0.25, 0.3) is 5.91 Å². The maximum Gasteiger partial charge on any atom is 0.272 e. The highest BCUT2D eigenvalue weighted by Gasteiger charge is 2.08. The molecule has 1 N–H and O–H groups in total. The van der Waals surface area contributed by atoms with Crippen molar-refractivity contribution >= 4 is 5.91 Å². The molecule has 6 heteroatoms. The van der Waals surface area contributed by atoms with Crippen molar-refractivity contribution in [3.63, 3.8) is 0 Å². The van der Waals surface area contributed by atoms with Gasteiger partial charge in [0.2, 0.25) is 0 Å². The highest BCUT2D eigenvalue weighted by molar-refractivity contribution is 5.92. The number of amides is 1. The molecule has 2 rings (SSSR count). The van der Waals surface area contributed by atoms with Gasteiger partial charge in [-0.05, 0) is 19.1 Å². The zero-order chi connectivity index (χ0) is 12.3. The van der Waals surface area contributed by atoms with Gasteiger partial charge in [0, 0.05) is 26.0 Å². The van der Waals surface area contributed by atoms with Crippen LogP contribution in [0.5, 0.6) is 0 Å². The highest BCUT2D eigenvalue weighted by Crippen LogP contribution is 1.97. The summed E-state index contributed by atoms with van der Waals surface area (Å²) >= 11 is 0. The number of aromatic nitrogens is 4. The Balaban J connectivity index is 1.92.